The number of ketones is 1. The molecule has 0 N–H and O–H groups in total. The summed E-state index contributed by atoms with van der Waals surface area (Å²) in [5.74, 6) is -0.686. The van der Waals surface area contributed by atoms with E-state index in [-0.39, 0.29) is 5.75 Å². The summed E-state index contributed by atoms with van der Waals surface area (Å²) >= 11 is 0. The first kappa shape index (κ1) is 13.0. The van der Waals surface area contributed by atoms with E-state index in [0.29, 0.717) is 0 Å². The van der Waals surface area contributed by atoms with Gasteiger partial charge in [-0.15, -0.1) is 0 Å². The second-order valence-corrected chi connectivity index (χ2v) is 3.22. The third-order valence-corrected chi connectivity index (χ3v) is 2.16. The number of nitro benzene ring substituents is 1. The molecule has 7 heteroatoms. The predicted octanol–water partition coefficient (Wildman–Crippen LogP) is 2.74. The zero-order chi connectivity index (χ0) is 13.2. The lowest BCUT2D eigenvalue weighted by Crippen LogP contribution is -2.05. The van der Waals surface area contributed by atoms with E-state index in [1.54, 1.807) is 0 Å². The topological polar surface area (TPSA) is 69.4 Å². The highest BCUT2D eigenvalue weighted by Crippen LogP contribution is 2.35. The molecule has 0 aromatic heterocycles. The van der Waals surface area contributed by atoms with Gasteiger partial charge in [-0.2, -0.15) is 0 Å². The molecule has 1 aromatic rings. The van der Waals surface area contributed by atoms with E-state index in [0.717, 1.165) is 19.1 Å². The minimum Gasteiger partial charge on any atom is -0.496 e. The summed E-state index contributed by atoms with van der Waals surface area (Å²) in [6.45, 7) is 1.06. The van der Waals surface area contributed by atoms with Crippen molar-refractivity contribution in [2.75, 3.05) is 7.11 Å². The first-order valence-corrected chi connectivity index (χ1v) is 4.54. The van der Waals surface area contributed by atoms with Gasteiger partial charge >= 0.3 is 0 Å². The van der Waals surface area contributed by atoms with Crippen molar-refractivity contribution >= 4 is 11.5 Å². The number of halogens is 2. The van der Waals surface area contributed by atoms with Gasteiger partial charge in [0.25, 0.3) is 12.1 Å². The number of rotatable bonds is 4. The third kappa shape index (κ3) is 2.55. The third-order valence-electron chi connectivity index (χ3n) is 2.16. The standard InChI is InChI=1S/C10H9F2NO4/c1-5(14)7-3-6(17-2)4-8(13(15)16)9(7)10(11)12/h3-4,10H,1-2H3. The van der Waals surface area contributed by atoms with E-state index in [4.69, 9.17) is 4.74 Å². The van der Waals surface area contributed by atoms with Crippen LogP contribution in [0.5, 0.6) is 5.75 Å². The number of methoxy groups -OCH3 is 1. The smallest absolute Gasteiger partial charge is 0.282 e. The molecule has 0 aliphatic rings. The molecule has 92 valence electrons. The van der Waals surface area contributed by atoms with Crippen molar-refractivity contribution in [3.05, 3.63) is 33.4 Å². The van der Waals surface area contributed by atoms with E-state index in [2.05, 4.69) is 0 Å². The second kappa shape index (κ2) is 4.86. The minimum atomic E-state index is -3.10. The summed E-state index contributed by atoms with van der Waals surface area (Å²) in [5, 5.41) is 10.7. The van der Waals surface area contributed by atoms with Crippen LogP contribution in [0.3, 0.4) is 0 Å². The van der Waals surface area contributed by atoms with Crippen molar-refractivity contribution < 1.29 is 23.2 Å². The van der Waals surface area contributed by atoms with Crippen LogP contribution >= 0.6 is 0 Å². The Labute approximate surface area is 95.2 Å². The normalized spacial score (nSPS) is 10.4. The maximum atomic E-state index is 12.7. The number of ether oxygens (including phenoxy) is 1. The summed E-state index contributed by atoms with van der Waals surface area (Å²) in [5.41, 5.74) is -2.08. The molecule has 0 unspecified atom stereocenters. The predicted molar refractivity (Wildman–Crippen MR) is 54.6 cm³/mol. The van der Waals surface area contributed by atoms with Crippen LogP contribution in [0.1, 0.15) is 29.3 Å². The van der Waals surface area contributed by atoms with Gasteiger partial charge < -0.3 is 4.74 Å². The van der Waals surface area contributed by atoms with Gasteiger partial charge in [-0.3, -0.25) is 14.9 Å². The van der Waals surface area contributed by atoms with Crippen LogP contribution in [-0.2, 0) is 0 Å². The van der Waals surface area contributed by atoms with Crippen LogP contribution in [0.25, 0.3) is 0 Å². The molecule has 1 aromatic carbocycles. The van der Waals surface area contributed by atoms with Crippen LogP contribution in [-0.4, -0.2) is 17.8 Å². The number of Topliss-reactive ketones (excluding diaryl/α,β-unsaturated/α-hetero) is 1. The molecule has 1 rings (SSSR count). The first-order valence-electron chi connectivity index (χ1n) is 4.54. The van der Waals surface area contributed by atoms with Crippen molar-refractivity contribution in [3.63, 3.8) is 0 Å². The van der Waals surface area contributed by atoms with Crippen molar-refractivity contribution in [3.8, 4) is 5.75 Å². The van der Waals surface area contributed by atoms with Gasteiger partial charge in [-0.1, -0.05) is 0 Å². The fourth-order valence-electron chi connectivity index (χ4n) is 1.40. The van der Waals surface area contributed by atoms with Crippen LogP contribution in [0.15, 0.2) is 12.1 Å². The van der Waals surface area contributed by atoms with Crippen LogP contribution in [0, 0.1) is 10.1 Å². The molecule has 0 spiro atoms. The average molecular weight is 245 g/mol. The summed E-state index contributed by atoms with van der Waals surface area (Å²) in [7, 11) is 1.23. The van der Waals surface area contributed by atoms with E-state index in [1.807, 2.05) is 0 Å². The van der Waals surface area contributed by atoms with Crippen LogP contribution in [0.2, 0.25) is 0 Å². The van der Waals surface area contributed by atoms with Gasteiger partial charge in [0.2, 0.25) is 0 Å². The number of benzene rings is 1. The summed E-state index contributed by atoms with van der Waals surface area (Å²) < 4.78 is 30.2. The minimum absolute atomic E-state index is 0.00806. The van der Waals surface area contributed by atoms with Gasteiger partial charge in [0.1, 0.15) is 11.3 Å². The number of carbonyl (C=O) groups is 1. The molecule has 0 bridgehead atoms. The zero-order valence-corrected chi connectivity index (χ0v) is 9.07. The number of nitro groups is 1. The average Bonchev–Trinajstić information content (AvgIpc) is 2.26. The largest absolute Gasteiger partial charge is 0.496 e. The summed E-state index contributed by atoms with van der Waals surface area (Å²) in [6, 6.07) is 1.94. The van der Waals surface area contributed by atoms with E-state index in [9.17, 15) is 23.7 Å². The number of nitrogens with zero attached hydrogens (tertiary/aromatic N) is 1. The fraction of sp³-hybridized carbons (Fsp3) is 0.300. The molecule has 5 nitrogen and oxygen atoms in total. The Kier molecular flexibility index (Phi) is 3.72. The van der Waals surface area contributed by atoms with Crippen molar-refractivity contribution in [2.45, 2.75) is 13.3 Å². The first-order chi connectivity index (χ1) is 7.88. The fourth-order valence-corrected chi connectivity index (χ4v) is 1.40. The Morgan fingerprint density at radius 3 is 2.41 bits per heavy atom. The Bertz CT molecular complexity index is 438. The Morgan fingerprint density at radius 1 is 1.47 bits per heavy atom. The quantitative estimate of drug-likeness (QED) is 0.464. The number of alkyl halides is 2. The van der Waals surface area contributed by atoms with E-state index >= 15 is 0 Å². The Hall–Kier alpha value is -2.05. The van der Waals surface area contributed by atoms with Gasteiger partial charge in [-0.05, 0) is 13.0 Å². The Balaban J connectivity index is 3.61. The van der Waals surface area contributed by atoms with Crippen molar-refractivity contribution in [2.24, 2.45) is 0 Å². The highest BCUT2D eigenvalue weighted by atomic mass is 19.3. The molecule has 0 amide bonds. The monoisotopic (exact) mass is 245 g/mol. The van der Waals surface area contributed by atoms with E-state index < -0.39 is 33.9 Å². The molecule has 0 saturated carbocycles. The lowest BCUT2D eigenvalue weighted by Gasteiger charge is -2.09. The Morgan fingerprint density at radius 2 is 2.06 bits per heavy atom. The lowest BCUT2D eigenvalue weighted by atomic mass is 10.0. The van der Waals surface area contributed by atoms with Crippen LogP contribution < -0.4 is 4.74 Å². The van der Waals surface area contributed by atoms with Gasteiger partial charge in [0, 0.05) is 5.56 Å². The highest BCUT2D eigenvalue weighted by molar-refractivity contribution is 5.97. The zero-order valence-electron chi connectivity index (χ0n) is 9.07. The van der Waals surface area contributed by atoms with Gasteiger partial charge in [0.15, 0.2) is 5.78 Å². The summed E-state index contributed by atoms with van der Waals surface area (Å²) in [4.78, 5) is 20.9. The maximum Gasteiger partial charge on any atom is 0.282 e. The lowest BCUT2D eigenvalue weighted by molar-refractivity contribution is -0.386. The molecule has 0 radical (unpaired) electrons. The van der Waals surface area contributed by atoms with Crippen LogP contribution in [0.4, 0.5) is 14.5 Å². The highest BCUT2D eigenvalue weighted by Gasteiger charge is 2.28. The molecule has 0 saturated heterocycles. The number of hydrogen-bond acceptors (Lipinski definition) is 4. The summed E-state index contributed by atoms with van der Waals surface area (Å²) in [6.07, 6.45) is -3.10. The molecular weight excluding hydrogens is 236 g/mol. The molecule has 0 heterocycles. The van der Waals surface area contributed by atoms with Crippen molar-refractivity contribution in [1.82, 2.24) is 0 Å². The van der Waals surface area contributed by atoms with Gasteiger partial charge in [-0.25, -0.2) is 8.78 Å². The molecule has 0 fully saturated rings. The number of hydrogen-bond donors (Lipinski definition) is 0. The molecular formula is C10H9F2NO4. The SMILES string of the molecule is COc1cc(C(C)=O)c(C(F)F)c([N+](=O)[O-])c1. The molecule has 0 aliphatic carbocycles. The number of carbonyl (C=O) groups excluding carboxylic acids is 1. The second-order valence-electron chi connectivity index (χ2n) is 3.22. The van der Waals surface area contributed by atoms with Gasteiger partial charge in [0.05, 0.1) is 18.1 Å². The maximum absolute atomic E-state index is 12.7. The molecule has 17 heavy (non-hydrogen) atoms. The molecule has 0 atom stereocenters. The van der Waals surface area contributed by atoms with E-state index in [1.165, 1.54) is 7.11 Å². The van der Waals surface area contributed by atoms with Crippen molar-refractivity contribution in [1.29, 1.82) is 0 Å². The molecule has 0 aliphatic heterocycles.